The molecule has 1 aromatic carbocycles. The van der Waals surface area contributed by atoms with E-state index in [1.165, 1.54) is 31.4 Å². The fourth-order valence-corrected chi connectivity index (χ4v) is 3.13. The van der Waals surface area contributed by atoms with E-state index < -0.39 is 0 Å². The van der Waals surface area contributed by atoms with Crippen molar-refractivity contribution < 1.29 is 0 Å². The van der Waals surface area contributed by atoms with Gasteiger partial charge in [-0.05, 0) is 37.3 Å². The highest BCUT2D eigenvalue weighted by molar-refractivity contribution is 5.73. The largest absolute Gasteiger partial charge is 0.382 e. The van der Waals surface area contributed by atoms with Gasteiger partial charge in [0.2, 0.25) is 0 Å². The number of benzene rings is 1. The Bertz CT molecular complexity index is 575. The molecule has 1 fully saturated rings. The molecule has 2 aromatic rings. The number of anilines is 1. The summed E-state index contributed by atoms with van der Waals surface area (Å²) in [5.41, 5.74) is 2.30. The van der Waals surface area contributed by atoms with Crippen LogP contribution in [0.3, 0.4) is 0 Å². The lowest BCUT2D eigenvalue weighted by atomic mass is 10.1. The first kappa shape index (κ1) is 13.2. The van der Waals surface area contributed by atoms with E-state index in [4.69, 9.17) is 0 Å². The average molecular weight is 270 g/mol. The summed E-state index contributed by atoms with van der Waals surface area (Å²) >= 11 is 0. The van der Waals surface area contributed by atoms with Gasteiger partial charge < -0.3 is 9.88 Å². The predicted octanol–water partition coefficient (Wildman–Crippen LogP) is 3.47. The van der Waals surface area contributed by atoms with E-state index in [9.17, 15) is 0 Å². The number of rotatable bonds is 4. The van der Waals surface area contributed by atoms with Crippen LogP contribution in [0, 0.1) is 5.92 Å². The highest BCUT2D eigenvalue weighted by atomic mass is 15.2. The molecule has 0 bridgehead atoms. The lowest BCUT2D eigenvalue weighted by molar-refractivity contribution is 0.525. The van der Waals surface area contributed by atoms with Gasteiger partial charge in [-0.25, -0.2) is 0 Å². The van der Waals surface area contributed by atoms with Crippen LogP contribution in [0.25, 0.3) is 11.4 Å². The van der Waals surface area contributed by atoms with Crippen molar-refractivity contribution in [2.45, 2.75) is 38.6 Å². The highest BCUT2D eigenvalue weighted by Crippen LogP contribution is 2.33. The number of hydrogen-bond donors (Lipinski definition) is 1. The molecule has 1 aliphatic rings. The minimum atomic E-state index is 0.592. The Kier molecular flexibility index (Phi) is 3.72. The third kappa shape index (κ3) is 2.55. The van der Waals surface area contributed by atoms with Crippen LogP contribution in [0.2, 0.25) is 0 Å². The smallest absolute Gasteiger partial charge is 0.165 e. The molecule has 3 rings (SSSR count). The van der Waals surface area contributed by atoms with Crippen molar-refractivity contribution >= 4 is 5.69 Å². The zero-order valence-corrected chi connectivity index (χ0v) is 12.2. The molecule has 2 atom stereocenters. The zero-order chi connectivity index (χ0) is 13.9. The summed E-state index contributed by atoms with van der Waals surface area (Å²) in [7, 11) is 1.98. The van der Waals surface area contributed by atoms with Crippen molar-refractivity contribution in [3.05, 3.63) is 30.6 Å². The number of nitrogens with zero attached hydrogens (tertiary/aromatic N) is 3. The molecule has 1 N–H and O–H groups in total. The summed E-state index contributed by atoms with van der Waals surface area (Å²) in [5.74, 6) is 1.80. The molecular weight excluding hydrogens is 248 g/mol. The standard InChI is InChI=1S/C16H22N4/c1-3-12-8-9-13(10-12)18-15-7-5-4-6-14(15)16-19-17-11-20(16)2/h4-7,11-13,18H,3,8-10H2,1-2H3. The first-order valence-electron chi connectivity index (χ1n) is 7.48. The van der Waals surface area contributed by atoms with Gasteiger partial charge in [0.1, 0.15) is 6.33 Å². The molecule has 0 aliphatic heterocycles. The number of aromatic nitrogens is 3. The molecule has 1 aromatic heterocycles. The quantitative estimate of drug-likeness (QED) is 0.925. The van der Waals surface area contributed by atoms with Crippen LogP contribution in [0.5, 0.6) is 0 Å². The summed E-state index contributed by atoms with van der Waals surface area (Å²) in [6.45, 7) is 2.29. The zero-order valence-electron chi connectivity index (χ0n) is 12.2. The van der Waals surface area contributed by atoms with Crippen molar-refractivity contribution in [2.75, 3.05) is 5.32 Å². The summed E-state index contributed by atoms with van der Waals surface area (Å²) in [5, 5.41) is 11.9. The van der Waals surface area contributed by atoms with Crippen LogP contribution in [0.1, 0.15) is 32.6 Å². The molecule has 0 saturated heterocycles. The number of hydrogen-bond acceptors (Lipinski definition) is 3. The number of aryl methyl sites for hydroxylation is 1. The first-order chi connectivity index (χ1) is 9.78. The van der Waals surface area contributed by atoms with E-state index in [1.54, 1.807) is 6.33 Å². The molecule has 106 valence electrons. The van der Waals surface area contributed by atoms with Gasteiger partial charge in [-0.1, -0.05) is 25.5 Å². The van der Waals surface area contributed by atoms with E-state index in [0.717, 1.165) is 17.3 Å². The van der Waals surface area contributed by atoms with Gasteiger partial charge in [-0.2, -0.15) is 0 Å². The molecule has 1 saturated carbocycles. The van der Waals surface area contributed by atoms with Gasteiger partial charge in [0.25, 0.3) is 0 Å². The third-order valence-electron chi connectivity index (χ3n) is 4.36. The van der Waals surface area contributed by atoms with Crippen molar-refractivity contribution in [2.24, 2.45) is 13.0 Å². The van der Waals surface area contributed by atoms with E-state index in [-0.39, 0.29) is 0 Å². The van der Waals surface area contributed by atoms with Crippen molar-refractivity contribution in [1.29, 1.82) is 0 Å². The van der Waals surface area contributed by atoms with Gasteiger partial charge in [0.15, 0.2) is 5.82 Å². The van der Waals surface area contributed by atoms with E-state index in [2.05, 4.69) is 46.7 Å². The SMILES string of the molecule is CCC1CCC(Nc2ccccc2-c2nncn2C)C1. The van der Waals surface area contributed by atoms with Gasteiger partial charge in [-0.3, -0.25) is 0 Å². The molecule has 0 amide bonds. The maximum Gasteiger partial charge on any atom is 0.165 e. The molecular formula is C16H22N4. The Morgan fingerprint density at radius 1 is 1.30 bits per heavy atom. The van der Waals surface area contributed by atoms with E-state index >= 15 is 0 Å². The van der Waals surface area contributed by atoms with Crippen LogP contribution >= 0.6 is 0 Å². The van der Waals surface area contributed by atoms with Crippen LogP contribution in [-0.4, -0.2) is 20.8 Å². The minimum absolute atomic E-state index is 0.592. The molecule has 1 heterocycles. The van der Waals surface area contributed by atoms with Gasteiger partial charge in [0, 0.05) is 24.3 Å². The minimum Gasteiger partial charge on any atom is -0.382 e. The van der Waals surface area contributed by atoms with Crippen LogP contribution in [0.4, 0.5) is 5.69 Å². The van der Waals surface area contributed by atoms with Gasteiger partial charge in [0.05, 0.1) is 0 Å². The summed E-state index contributed by atoms with van der Waals surface area (Å²) in [6.07, 6.45) is 6.94. The molecule has 0 radical (unpaired) electrons. The molecule has 4 nitrogen and oxygen atoms in total. The maximum atomic E-state index is 4.23. The Labute approximate surface area is 120 Å². The Hall–Kier alpha value is -1.84. The Morgan fingerprint density at radius 2 is 2.15 bits per heavy atom. The summed E-state index contributed by atoms with van der Waals surface area (Å²) < 4.78 is 1.96. The topological polar surface area (TPSA) is 42.7 Å². The molecule has 4 heteroatoms. The second-order valence-electron chi connectivity index (χ2n) is 5.74. The molecule has 2 unspecified atom stereocenters. The summed E-state index contributed by atoms with van der Waals surface area (Å²) in [6, 6.07) is 8.98. The molecule has 20 heavy (non-hydrogen) atoms. The fourth-order valence-electron chi connectivity index (χ4n) is 3.13. The predicted molar refractivity (Wildman–Crippen MR) is 81.5 cm³/mol. The van der Waals surface area contributed by atoms with Crippen LogP contribution in [0.15, 0.2) is 30.6 Å². The van der Waals surface area contributed by atoms with E-state index in [0.29, 0.717) is 6.04 Å². The second kappa shape index (κ2) is 5.65. The second-order valence-corrected chi connectivity index (χ2v) is 5.74. The number of nitrogens with one attached hydrogen (secondary N) is 1. The maximum absolute atomic E-state index is 4.23. The normalized spacial score (nSPS) is 22.1. The van der Waals surface area contributed by atoms with E-state index in [1.807, 2.05) is 11.6 Å². The lowest BCUT2D eigenvalue weighted by Crippen LogP contribution is -2.16. The van der Waals surface area contributed by atoms with Crippen molar-refractivity contribution in [3.8, 4) is 11.4 Å². The Morgan fingerprint density at radius 3 is 2.85 bits per heavy atom. The molecule has 1 aliphatic carbocycles. The average Bonchev–Trinajstić information content (AvgIpc) is 3.08. The Balaban J connectivity index is 1.82. The lowest BCUT2D eigenvalue weighted by Gasteiger charge is -2.17. The van der Waals surface area contributed by atoms with Crippen molar-refractivity contribution in [1.82, 2.24) is 14.8 Å². The fraction of sp³-hybridized carbons (Fsp3) is 0.500. The van der Waals surface area contributed by atoms with Gasteiger partial charge >= 0.3 is 0 Å². The van der Waals surface area contributed by atoms with Gasteiger partial charge in [-0.15, -0.1) is 10.2 Å². The van der Waals surface area contributed by atoms with Crippen molar-refractivity contribution in [3.63, 3.8) is 0 Å². The van der Waals surface area contributed by atoms with Crippen LogP contribution < -0.4 is 5.32 Å². The molecule has 0 spiro atoms. The highest BCUT2D eigenvalue weighted by Gasteiger charge is 2.24. The summed E-state index contributed by atoms with van der Waals surface area (Å²) in [4.78, 5) is 0. The first-order valence-corrected chi connectivity index (χ1v) is 7.48. The van der Waals surface area contributed by atoms with Crippen LogP contribution in [-0.2, 0) is 7.05 Å². The monoisotopic (exact) mass is 270 g/mol. The number of para-hydroxylation sites is 1. The third-order valence-corrected chi connectivity index (χ3v) is 4.36.